The molecule has 0 fully saturated rings. The summed E-state index contributed by atoms with van der Waals surface area (Å²) in [4.78, 5) is 0. The Morgan fingerprint density at radius 3 is 2.65 bits per heavy atom. The van der Waals surface area contributed by atoms with E-state index >= 15 is 0 Å². The fraction of sp³-hybridized carbons (Fsp3) is 0.429. The van der Waals surface area contributed by atoms with E-state index in [1.54, 1.807) is 13.0 Å². The van der Waals surface area contributed by atoms with Crippen molar-refractivity contribution in [2.75, 3.05) is 11.9 Å². The lowest BCUT2D eigenvalue weighted by Crippen LogP contribution is -2.31. The molecule has 1 heterocycles. The molecule has 0 bridgehead atoms. The zero-order chi connectivity index (χ0) is 14.8. The third-order valence-electron chi connectivity index (χ3n) is 2.97. The van der Waals surface area contributed by atoms with E-state index < -0.39 is 5.60 Å². The summed E-state index contributed by atoms with van der Waals surface area (Å²) in [6, 6.07) is 7.29. The van der Waals surface area contributed by atoms with Crippen LogP contribution in [-0.4, -0.2) is 21.8 Å². The lowest BCUT2D eigenvalue weighted by Gasteiger charge is -2.25. The Balaban J connectivity index is 2.07. The number of aromatic nitrogens is 2. The lowest BCUT2D eigenvalue weighted by atomic mass is 9.96. The van der Waals surface area contributed by atoms with Gasteiger partial charge in [-0.2, -0.15) is 0 Å². The minimum atomic E-state index is -1.07. The van der Waals surface area contributed by atoms with Gasteiger partial charge in [0.25, 0.3) is 0 Å². The summed E-state index contributed by atoms with van der Waals surface area (Å²) in [5, 5.41) is 24.1. The Morgan fingerprint density at radius 2 is 2.05 bits per heavy atom. The molecule has 2 aromatic rings. The summed E-state index contributed by atoms with van der Waals surface area (Å²) in [6.07, 6.45) is 0. The van der Waals surface area contributed by atoms with Gasteiger partial charge in [-0.1, -0.05) is 55.0 Å². The van der Waals surface area contributed by atoms with E-state index in [1.807, 2.05) is 18.2 Å². The molecule has 1 aromatic heterocycles. The first kappa shape index (κ1) is 15.2. The minimum Gasteiger partial charge on any atom is -0.384 e. The van der Waals surface area contributed by atoms with Crippen LogP contribution in [0.25, 0.3) is 0 Å². The van der Waals surface area contributed by atoms with Crippen LogP contribution in [0.2, 0.25) is 5.02 Å². The topological polar surface area (TPSA) is 58.0 Å². The van der Waals surface area contributed by atoms with Crippen molar-refractivity contribution in [2.45, 2.75) is 32.3 Å². The molecule has 1 unspecified atom stereocenters. The molecule has 0 radical (unpaired) electrons. The highest BCUT2D eigenvalue weighted by Crippen LogP contribution is 2.29. The number of halogens is 1. The summed E-state index contributed by atoms with van der Waals surface area (Å²) in [5.41, 5.74) is -0.370. The SMILES string of the molecule is CC(C)c1nnc(NCC(C)(O)c2ccccc2Cl)s1. The number of hydrogen-bond acceptors (Lipinski definition) is 5. The summed E-state index contributed by atoms with van der Waals surface area (Å²) < 4.78 is 0. The van der Waals surface area contributed by atoms with Gasteiger partial charge in [-0.3, -0.25) is 0 Å². The number of rotatable bonds is 5. The quantitative estimate of drug-likeness (QED) is 0.885. The van der Waals surface area contributed by atoms with Gasteiger partial charge in [-0.25, -0.2) is 0 Å². The molecule has 4 nitrogen and oxygen atoms in total. The molecule has 6 heteroatoms. The molecule has 0 aliphatic heterocycles. The average molecular weight is 312 g/mol. The maximum absolute atomic E-state index is 10.6. The van der Waals surface area contributed by atoms with Crippen LogP contribution in [0.4, 0.5) is 5.13 Å². The van der Waals surface area contributed by atoms with Crippen molar-refractivity contribution >= 4 is 28.1 Å². The van der Waals surface area contributed by atoms with Crippen LogP contribution in [0.5, 0.6) is 0 Å². The molecule has 0 saturated heterocycles. The van der Waals surface area contributed by atoms with Gasteiger partial charge in [0.1, 0.15) is 10.6 Å². The Kier molecular flexibility index (Phi) is 4.62. The van der Waals surface area contributed by atoms with Crippen molar-refractivity contribution in [3.63, 3.8) is 0 Å². The molecular formula is C14H18ClN3OS. The zero-order valence-corrected chi connectivity index (χ0v) is 13.3. The smallest absolute Gasteiger partial charge is 0.205 e. The molecular weight excluding hydrogens is 294 g/mol. The molecule has 0 aliphatic rings. The van der Waals surface area contributed by atoms with Gasteiger partial charge in [0, 0.05) is 23.0 Å². The average Bonchev–Trinajstić information content (AvgIpc) is 2.86. The first-order valence-corrected chi connectivity index (χ1v) is 7.64. The maximum Gasteiger partial charge on any atom is 0.205 e. The number of anilines is 1. The third kappa shape index (κ3) is 3.48. The highest BCUT2D eigenvalue weighted by molar-refractivity contribution is 7.15. The summed E-state index contributed by atoms with van der Waals surface area (Å²) in [5.74, 6) is 0.354. The molecule has 1 atom stereocenters. The Bertz CT molecular complexity index is 583. The van der Waals surface area contributed by atoms with E-state index in [0.29, 0.717) is 28.2 Å². The minimum absolute atomic E-state index is 0.323. The Morgan fingerprint density at radius 1 is 1.35 bits per heavy atom. The van der Waals surface area contributed by atoms with Crippen molar-refractivity contribution < 1.29 is 5.11 Å². The van der Waals surface area contributed by atoms with Crippen LogP contribution in [0, 0.1) is 0 Å². The van der Waals surface area contributed by atoms with E-state index in [2.05, 4.69) is 29.4 Å². The first-order chi connectivity index (χ1) is 9.40. The van der Waals surface area contributed by atoms with Crippen molar-refractivity contribution in [3.8, 4) is 0 Å². The van der Waals surface area contributed by atoms with Gasteiger partial charge in [-0.15, -0.1) is 10.2 Å². The second-order valence-corrected chi connectivity index (χ2v) is 6.62. The summed E-state index contributed by atoms with van der Waals surface area (Å²) in [6.45, 7) is 6.20. The lowest BCUT2D eigenvalue weighted by molar-refractivity contribution is 0.0716. The van der Waals surface area contributed by atoms with Crippen molar-refractivity contribution in [1.82, 2.24) is 10.2 Å². The Labute approximate surface area is 127 Å². The van der Waals surface area contributed by atoms with Crippen LogP contribution in [0.3, 0.4) is 0 Å². The molecule has 108 valence electrons. The van der Waals surface area contributed by atoms with Crippen molar-refractivity contribution in [2.24, 2.45) is 0 Å². The first-order valence-electron chi connectivity index (χ1n) is 6.45. The summed E-state index contributed by atoms with van der Waals surface area (Å²) in [7, 11) is 0. The largest absolute Gasteiger partial charge is 0.384 e. The van der Waals surface area contributed by atoms with E-state index in [4.69, 9.17) is 11.6 Å². The fourth-order valence-electron chi connectivity index (χ4n) is 1.78. The molecule has 0 amide bonds. The standard InChI is InChI=1S/C14H18ClN3OS/c1-9(2)12-17-18-13(20-12)16-8-14(3,19)10-6-4-5-7-11(10)15/h4-7,9,19H,8H2,1-3H3,(H,16,18). The van der Waals surface area contributed by atoms with Crippen LogP contribution < -0.4 is 5.32 Å². The number of nitrogens with one attached hydrogen (secondary N) is 1. The monoisotopic (exact) mass is 311 g/mol. The van der Waals surface area contributed by atoms with Gasteiger partial charge in [0.2, 0.25) is 5.13 Å². The predicted molar refractivity (Wildman–Crippen MR) is 83.5 cm³/mol. The van der Waals surface area contributed by atoms with Crippen LogP contribution in [0.15, 0.2) is 24.3 Å². The normalized spacial score (nSPS) is 14.3. The highest BCUT2D eigenvalue weighted by atomic mass is 35.5. The molecule has 2 rings (SSSR count). The zero-order valence-electron chi connectivity index (χ0n) is 11.7. The second kappa shape index (κ2) is 6.08. The van der Waals surface area contributed by atoms with Gasteiger partial charge in [0.05, 0.1) is 0 Å². The van der Waals surface area contributed by atoms with E-state index in [0.717, 1.165) is 5.01 Å². The van der Waals surface area contributed by atoms with Crippen LogP contribution in [0.1, 0.15) is 37.3 Å². The van der Waals surface area contributed by atoms with Gasteiger partial charge in [-0.05, 0) is 13.0 Å². The number of nitrogens with zero attached hydrogens (tertiary/aromatic N) is 2. The van der Waals surface area contributed by atoms with E-state index in [1.165, 1.54) is 11.3 Å². The van der Waals surface area contributed by atoms with Crippen molar-refractivity contribution in [3.05, 3.63) is 39.9 Å². The van der Waals surface area contributed by atoms with Gasteiger partial charge < -0.3 is 10.4 Å². The third-order valence-corrected chi connectivity index (χ3v) is 4.48. The van der Waals surface area contributed by atoms with Crippen LogP contribution >= 0.6 is 22.9 Å². The van der Waals surface area contributed by atoms with Gasteiger partial charge in [0.15, 0.2) is 0 Å². The number of benzene rings is 1. The molecule has 1 aromatic carbocycles. The second-order valence-electron chi connectivity index (χ2n) is 5.21. The molecule has 0 saturated carbocycles. The van der Waals surface area contributed by atoms with Crippen LogP contribution in [-0.2, 0) is 5.60 Å². The number of hydrogen-bond donors (Lipinski definition) is 2. The predicted octanol–water partition coefficient (Wildman–Crippen LogP) is 3.63. The highest BCUT2D eigenvalue weighted by Gasteiger charge is 2.25. The molecule has 0 aliphatic carbocycles. The fourth-order valence-corrected chi connectivity index (χ4v) is 2.86. The van der Waals surface area contributed by atoms with Gasteiger partial charge >= 0.3 is 0 Å². The number of aliphatic hydroxyl groups is 1. The molecule has 0 spiro atoms. The molecule has 20 heavy (non-hydrogen) atoms. The van der Waals surface area contributed by atoms with Crippen molar-refractivity contribution in [1.29, 1.82) is 0 Å². The Hall–Kier alpha value is -1.17. The van der Waals surface area contributed by atoms with E-state index in [9.17, 15) is 5.11 Å². The maximum atomic E-state index is 10.6. The summed E-state index contributed by atoms with van der Waals surface area (Å²) >= 11 is 7.63. The van der Waals surface area contributed by atoms with E-state index in [-0.39, 0.29) is 0 Å². The molecule has 2 N–H and O–H groups in total.